The van der Waals surface area contributed by atoms with Crippen LogP contribution in [0, 0.1) is 5.92 Å². The third-order valence-electron chi connectivity index (χ3n) is 6.75. The van der Waals surface area contributed by atoms with Gasteiger partial charge in [-0.1, -0.05) is 78.9 Å². The number of carbonyl (C=O) groups excluding carboxylic acids is 2. The smallest absolute Gasteiger partial charge is 0.193 e. The van der Waals surface area contributed by atoms with E-state index in [-0.39, 0.29) is 11.6 Å². The maximum atomic E-state index is 12.6. The third kappa shape index (κ3) is 5.19. The van der Waals surface area contributed by atoms with Crippen molar-refractivity contribution in [3.8, 4) is 0 Å². The van der Waals surface area contributed by atoms with Crippen molar-refractivity contribution in [3.05, 3.63) is 107 Å². The lowest BCUT2D eigenvalue weighted by molar-refractivity contribution is 0.101. The fraction of sp³-hybridized carbons (Fsp3) is 0.310. The minimum absolute atomic E-state index is 0.0849. The standard InChI is InChI=1S/C29H30O2/c1-21(30)28-10-6-5-7-25(28)16-13-22-11-14-23(15-12-22)24-17-19-27(20-18-24)29(31)26-8-3-2-4-9-26/h2-10,17-20,22-23H,11-16H2,1H3. The van der Waals surface area contributed by atoms with E-state index in [1.54, 1.807) is 6.92 Å². The highest BCUT2D eigenvalue weighted by Gasteiger charge is 2.23. The van der Waals surface area contributed by atoms with Crippen molar-refractivity contribution >= 4 is 11.6 Å². The van der Waals surface area contributed by atoms with Crippen molar-refractivity contribution < 1.29 is 9.59 Å². The largest absolute Gasteiger partial charge is 0.295 e. The zero-order valence-corrected chi connectivity index (χ0v) is 18.2. The van der Waals surface area contributed by atoms with E-state index in [1.165, 1.54) is 36.8 Å². The molecule has 0 heterocycles. The molecular weight excluding hydrogens is 380 g/mol. The van der Waals surface area contributed by atoms with Crippen molar-refractivity contribution in [2.75, 3.05) is 0 Å². The minimum atomic E-state index is 0.0849. The first-order valence-corrected chi connectivity index (χ1v) is 11.4. The summed E-state index contributed by atoms with van der Waals surface area (Å²) < 4.78 is 0. The number of Topliss-reactive ketones (excluding diaryl/α,β-unsaturated/α-hetero) is 1. The molecule has 0 N–H and O–H groups in total. The Bertz CT molecular complexity index is 1030. The highest BCUT2D eigenvalue weighted by atomic mass is 16.1. The summed E-state index contributed by atoms with van der Waals surface area (Å²) >= 11 is 0. The van der Waals surface area contributed by atoms with E-state index in [1.807, 2.05) is 60.7 Å². The molecule has 1 aliphatic carbocycles. The molecule has 0 amide bonds. The summed E-state index contributed by atoms with van der Waals surface area (Å²) in [5, 5.41) is 0. The van der Waals surface area contributed by atoms with Gasteiger partial charge in [0.25, 0.3) is 0 Å². The molecule has 3 aromatic rings. The lowest BCUT2D eigenvalue weighted by atomic mass is 9.76. The molecule has 0 radical (unpaired) electrons. The lowest BCUT2D eigenvalue weighted by Gasteiger charge is -2.29. The Morgan fingerprint density at radius 2 is 1.35 bits per heavy atom. The van der Waals surface area contributed by atoms with Gasteiger partial charge in [0.2, 0.25) is 0 Å². The maximum Gasteiger partial charge on any atom is 0.193 e. The molecule has 0 unspecified atom stereocenters. The summed E-state index contributed by atoms with van der Waals surface area (Å²) in [4.78, 5) is 24.5. The SMILES string of the molecule is CC(=O)c1ccccc1CCC1CCC(c2ccc(C(=O)c3ccccc3)cc2)CC1. The van der Waals surface area contributed by atoms with E-state index in [9.17, 15) is 9.59 Å². The highest BCUT2D eigenvalue weighted by molar-refractivity contribution is 6.08. The number of hydrogen-bond acceptors (Lipinski definition) is 2. The van der Waals surface area contributed by atoms with Crippen LogP contribution < -0.4 is 0 Å². The van der Waals surface area contributed by atoms with Gasteiger partial charge in [0.1, 0.15) is 0 Å². The van der Waals surface area contributed by atoms with Gasteiger partial charge in [-0.3, -0.25) is 9.59 Å². The van der Waals surface area contributed by atoms with Gasteiger partial charge in [-0.05, 0) is 68.4 Å². The van der Waals surface area contributed by atoms with Crippen LogP contribution in [0.2, 0.25) is 0 Å². The molecule has 0 saturated heterocycles. The first-order chi connectivity index (χ1) is 15.1. The van der Waals surface area contributed by atoms with Crippen molar-refractivity contribution in [2.45, 2.75) is 51.4 Å². The third-order valence-corrected chi connectivity index (χ3v) is 6.75. The molecule has 31 heavy (non-hydrogen) atoms. The second-order valence-corrected chi connectivity index (χ2v) is 8.79. The molecule has 1 fully saturated rings. The Kier molecular flexibility index (Phi) is 6.76. The number of benzene rings is 3. The molecule has 3 aromatic carbocycles. The molecule has 0 aromatic heterocycles. The Hall–Kier alpha value is -3.00. The summed E-state index contributed by atoms with van der Waals surface area (Å²) in [6.07, 6.45) is 7.01. The van der Waals surface area contributed by atoms with Gasteiger partial charge in [0.15, 0.2) is 11.6 Å². The van der Waals surface area contributed by atoms with Crippen LogP contribution in [-0.2, 0) is 6.42 Å². The highest BCUT2D eigenvalue weighted by Crippen LogP contribution is 2.37. The average molecular weight is 411 g/mol. The fourth-order valence-corrected chi connectivity index (χ4v) is 4.89. The summed E-state index contributed by atoms with van der Waals surface area (Å²) in [6.45, 7) is 1.66. The van der Waals surface area contributed by atoms with Gasteiger partial charge in [-0.25, -0.2) is 0 Å². The van der Waals surface area contributed by atoms with Crippen LogP contribution in [0.1, 0.15) is 82.4 Å². The average Bonchev–Trinajstić information content (AvgIpc) is 2.83. The molecule has 1 saturated carbocycles. The lowest BCUT2D eigenvalue weighted by Crippen LogP contribution is -2.14. The normalized spacial score (nSPS) is 18.5. The van der Waals surface area contributed by atoms with E-state index in [2.05, 4.69) is 18.2 Å². The molecule has 2 nitrogen and oxygen atoms in total. The van der Waals surface area contributed by atoms with E-state index in [0.717, 1.165) is 35.4 Å². The van der Waals surface area contributed by atoms with Gasteiger partial charge in [0.05, 0.1) is 0 Å². The number of carbonyl (C=O) groups is 2. The molecule has 0 atom stereocenters. The van der Waals surface area contributed by atoms with Crippen LogP contribution in [0.15, 0.2) is 78.9 Å². The van der Waals surface area contributed by atoms with Crippen LogP contribution in [0.4, 0.5) is 0 Å². The predicted molar refractivity (Wildman–Crippen MR) is 126 cm³/mol. The fourth-order valence-electron chi connectivity index (χ4n) is 4.89. The van der Waals surface area contributed by atoms with E-state index in [4.69, 9.17) is 0 Å². The van der Waals surface area contributed by atoms with Gasteiger partial charge in [-0.2, -0.15) is 0 Å². The zero-order chi connectivity index (χ0) is 21.6. The Morgan fingerprint density at radius 1 is 0.742 bits per heavy atom. The summed E-state index contributed by atoms with van der Waals surface area (Å²) in [6, 6.07) is 25.7. The van der Waals surface area contributed by atoms with Crippen LogP contribution in [-0.4, -0.2) is 11.6 Å². The van der Waals surface area contributed by atoms with Gasteiger partial charge in [0, 0.05) is 16.7 Å². The van der Waals surface area contributed by atoms with E-state index < -0.39 is 0 Å². The Labute approximate surface area is 185 Å². The molecule has 2 heteroatoms. The molecule has 4 rings (SSSR count). The van der Waals surface area contributed by atoms with Crippen LogP contribution in [0.5, 0.6) is 0 Å². The number of aryl methyl sites for hydroxylation is 1. The monoisotopic (exact) mass is 410 g/mol. The molecule has 0 aliphatic heterocycles. The van der Waals surface area contributed by atoms with E-state index >= 15 is 0 Å². The maximum absolute atomic E-state index is 12.6. The zero-order valence-electron chi connectivity index (χ0n) is 18.2. The first-order valence-electron chi connectivity index (χ1n) is 11.4. The molecule has 158 valence electrons. The van der Waals surface area contributed by atoms with Crippen molar-refractivity contribution in [1.29, 1.82) is 0 Å². The molecule has 0 bridgehead atoms. The van der Waals surface area contributed by atoms with Gasteiger partial charge < -0.3 is 0 Å². The van der Waals surface area contributed by atoms with Crippen LogP contribution in [0.3, 0.4) is 0 Å². The van der Waals surface area contributed by atoms with Crippen LogP contribution >= 0.6 is 0 Å². The summed E-state index contributed by atoms with van der Waals surface area (Å²) in [5.74, 6) is 1.56. The summed E-state index contributed by atoms with van der Waals surface area (Å²) in [5.41, 5.74) is 4.91. The number of rotatable bonds is 7. The quantitative estimate of drug-likeness (QED) is 0.392. The Morgan fingerprint density at radius 3 is 2.03 bits per heavy atom. The summed E-state index contributed by atoms with van der Waals surface area (Å²) in [7, 11) is 0. The Balaban J connectivity index is 1.31. The molecule has 0 spiro atoms. The van der Waals surface area contributed by atoms with Gasteiger partial charge in [-0.15, -0.1) is 0 Å². The number of hydrogen-bond donors (Lipinski definition) is 0. The van der Waals surface area contributed by atoms with Crippen molar-refractivity contribution in [3.63, 3.8) is 0 Å². The van der Waals surface area contributed by atoms with Crippen LogP contribution in [0.25, 0.3) is 0 Å². The second-order valence-electron chi connectivity index (χ2n) is 8.79. The first kappa shape index (κ1) is 21.2. The van der Waals surface area contributed by atoms with Gasteiger partial charge >= 0.3 is 0 Å². The molecular formula is C29H30O2. The number of ketones is 2. The molecule has 1 aliphatic rings. The second kappa shape index (κ2) is 9.87. The van der Waals surface area contributed by atoms with E-state index in [0.29, 0.717) is 5.92 Å². The van der Waals surface area contributed by atoms with Crippen molar-refractivity contribution in [1.82, 2.24) is 0 Å². The predicted octanol–water partition coefficient (Wildman–Crippen LogP) is 7.03. The van der Waals surface area contributed by atoms with Crippen molar-refractivity contribution in [2.24, 2.45) is 5.92 Å². The topological polar surface area (TPSA) is 34.1 Å². The minimum Gasteiger partial charge on any atom is -0.295 e.